The summed E-state index contributed by atoms with van der Waals surface area (Å²) in [6.07, 6.45) is 0.0424. The number of carboxylic acid groups (broad SMARTS) is 1. The van der Waals surface area contributed by atoms with Crippen LogP contribution in [-0.2, 0) is 4.79 Å². The fraction of sp³-hybridized carbons (Fsp3) is 0.500. The van der Waals surface area contributed by atoms with Gasteiger partial charge < -0.3 is 10.4 Å². The summed E-state index contributed by atoms with van der Waals surface area (Å²) in [6.45, 7) is 0.312. The van der Waals surface area contributed by atoms with Crippen molar-refractivity contribution in [3.05, 3.63) is 0 Å². The second-order valence-electron chi connectivity index (χ2n) is 1.82. The van der Waals surface area contributed by atoms with Crippen molar-refractivity contribution < 1.29 is 9.90 Å². The zero-order valence-corrected chi connectivity index (χ0v) is 5.61. The molecule has 1 rings (SSSR count). The number of rotatable bonds is 4. The highest BCUT2D eigenvalue weighted by molar-refractivity contribution is 5.67. The van der Waals surface area contributed by atoms with Crippen LogP contribution < -0.4 is 5.32 Å². The Kier molecular flexibility index (Phi) is 2.37. The van der Waals surface area contributed by atoms with Crippen LogP contribution in [0.2, 0.25) is 0 Å². The van der Waals surface area contributed by atoms with Gasteiger partial charge in [-0.3, -0.25) is 4.79 Å². The number of aromatic amines is 1. The number of tetrazole rings is 1. The van der Waals surface area contributed by atoms with Gasteiger partial charge in [0.1, 0.15) is 0 Å². The zero-order valence-electron chi connectivity index (χ0n) is 5.61. The SMILES string of the molecule is O=C(O)CCNc1nnn[nH]1. The summed E-state index contributed by atoms with van der Waals surface area (Å²) in [4.78, 5) is 10.0. The Bertz CT molecular complexity index is 220. The van der Waals surface area contributed by atoms with E-state index in [1.54, 1.807) is 0 Å². The number of carboxylic acids is 1. The van der Waals surface area contributed by atoms with E-state index in [4.69, 9.17) is 5.11 Å². The number of H-pyrrole nitrogens is 1. The largest absolute Gasteiger partial charge is 0.481 e. The Balaban J connectivity index is 2.19. The van der Waals surface area contributed by atoms with Gasteiger partial charge in [-0.25, -0.2) is 5.10 Å². The van der Waals surface area contributed by atoms with Crippen molar-refractivity contribution >= 4 is 11.9 Å². The molecule has 0 saturated carbocycles. The molecule has 1 heterocycles. The first kappa shape index (κ1) is 7.45. The van der Waals surface area contributed by atoms with Gasteiger partial charge in [0.05, 0.1) is 6.42 Å². The normalized spacial score (nSPS) is 9.45. The van der Waals surface area contributed by atoms with Gasteiger partial charge in [-0.15, -0.1) is 0 Å². The van der Waals surface area contributed by atoms with Crippen LogP contribution in [0.4, 0.5) is 5.95 Å². The first-order chi connectivity index (χ1) is 5.29. The molecule has 0 aliphatic rings. The standard InChI is InChI=1S/C4H7N5O2/c10-3(11)1-2-5-4-6-8-9-7-4/h1-2H2,(H,10,11)(H2,5,6,7,8,9). The molecule has 3 N–H and O–H groups in total. The molecule has 0 aliphatic carbocycles. The first-order valence-corrected chi connectivity index (χ1v) is 2.98. The summed E-state index contributed by atoms with van der Waals surface area (Å²) >= 11 is 0. The number of nitrogens with zero attached hydrogens (tertiary/aromatic N) is 3. The van der Waals surface area contributed by atoms with Gasteiger partial charge in [0.25, 0.3) is 0 Å². The molecule has 60 valence electrons. The van der Waals surface area contributed by atoms with Crippen molar-refractivity contribution in [2.45, 2.75) is 6.42 Å². The van der Waals surface area contributed by atoms with Crippen molar-refractivity contribution in [1.29, 1.82) is 0 Å². The van der Waals surface area contributed by atoms with Gasteiger partial charge in [0, 0.05) is 6.54 Å². The second-order valence-corrected chi connectivity index (χ2v) is 1.82. The lowest BCUT2D eigenvalue weighted by Crippen LogP contribution is -2.08. The van der Waals surface area contributed by atoms with Crippen molar-refractivity contribution in [3.8, 4) is 0 Å². The van der Waals surface area contributed by atoms with Gasteiger partial charge in [-0.2, -0.15) is 0 Å². The summed E-state index contributed by atoms with van der Waals surface area (Å²) in [5, 5.41) is 23.4. The Morgan fingerprint density at radius 2 is 2.55 bits per heavy atom. The van der Waals surface area contributed by atoms with Crippen molar-refractivity contribution in [3.63, 3.8) is 0 Å². The Labute approximate surface area is 61.8 Å². The van der Waals surface area contributed by atoms with Gasteiger partial charge in [-0.1, -0.05) is 5.10 Å². The number of anilines is 1. The number of carbonyl (C=O) groups is 1. The lowest BCUT2D eigenvalue weighted by Gasteiger charge is -1.95. The highest BCUT2D eigenvalue weighted by Crippen LogP contribution is 1.89. The molecule has 0 spiro atoms. The molecule has 7 nitrogen and oxygen atoms in total. The molecule has 7 heteroatoms. The summed E-state index contributed by atoms with van der Waals surface area (Å²) in [7, 11) is 0. The fourth-order valence-electron chi connectivity index (χ4n) is 0.522. The molecule has 0 saturated heterocycles. The van der Waals surface area contributed by atoms with Crippen LogP contribution in [0, 0.1) is 0 Å². The van der Waals surface area contributed by atoms with E-state index in [0.29, 0.717) is 12.5 Å². The van der Waals surface area contributed by atoms with Gasteiger partial charge in [-0.05, 0) is 10.4 Å². The number of hydrogen-bond acceptors (Lipinski definition) is 5. The lowest BCUT2D eigenvalue weighted by molar-refractivity contribution is -0.136. The molecule has 1 aromatic rings. The van der Waals surface area contributed by atoms with E-state index >= 15 is 0 Å². The minimum atomic E-state index is -0.857. The van der Waals surface area contributed by atoms with E-state index < -0.39 is 5.97 Å². The maximum Gasteiger partial charge on any atom is 0.305 e. The van der Waals surface area contributed by atoms with Crippen LogP contribution in [0.5, 0.6) is 0 Å². The van der Waals surface area contributed by atoms with Crippen LogP contribution in [0.15, 0.2) is 0 Å². The van der Waals surface area contributed by atoms with Crippen LogP contribution in [0.25, 0.3) is 0 Å². The third-order valence-corrected chi connectivity index (χ3v) is 0.977. The number of aliphatic carboxylic acids is 1. The smallest absolute Gasteiger partial charge is 0.305 e. The average molecular weight is 157 g/mol. The zero-order chi connectivity index (χ0) is 8.10. The maximum atomic E-state index is 10.0. The number of aromatic nitrogens is 4. The highest BCUT2D eigenvalue weighted by atomic mass is 16.4. The molecular formula is C4H7N5O2. The Morgan fingerprint density at radius 1 is 1.73 bits per heavy atom. The van der Waals surface area contributed by atoms with E-state index in [2.05, 4.69) is 25.9 Å². The molecule has 0 radical (unpaired) electrons. The lowest BCUT2D eigenvalue weighted by atomic mass is 10.4. The molecule has 1 aromatic heterocycles. The Morgan fingerprint density at radius 3 is 3.09 bits per heavy atom. The average Bonchev–Trinajstić information content (AvgIpc) is 2.39. The predicted octanol–water partition coefficient (Wildman–Crippen LogP) is -0.914. The minimum Gasteiger partial charge on any atom is -0.481 e. The van der Waals surface area contributed by atoms with Crippen molar-refractivity contribution in [1.82, 2.24) is 20.6 Å². The number of hydrogen-bond donors (Lipinski definition) is 3. The topological polar surface area (TPSA) is 104 Å². The predicted molar refractivity (Wildman–Crippen MR) is 34.9 cm³/mol. The van der Waals surface area contributed by atoms with E-state index in [1.807, 2.05) is 0 Å². The molecular weight excluding hydrogens is 150 g/mol. The Hall–Kier alpha value is -1.66. The monoisotopic (exact) mass is 157 g/mol. The van der Waals surface area contributed by atoms with Gasteiger partial charge in [0.2, 0.25) is 5.95 Å². The second kappa shape index (κ2) is 3.49. The van der Waals surface area contributed by atoms with E-state index in [9.17, 15) is 4.79 Å². The van der Waals surface area contributed by atoms with E-state index in [0.717, 1.165) is 0 Å². The summed E-state index contributed by atoms with van der Waals surface area (Å²) < 4.78 is 0. The molecule has 11 heavy (non-hydrogen) atoms. The van der Waals surface area contributed by atoms with Crippen LogP contribution >= 0.6 is 0 Å². The minimum absolute atomic E-state index is 0.0424. The van der Waals surface area contributed by atoms with Gasteiger partial charge in [0.15, 0.2) is 0 Å². The molecule has 0 aromatic carbocycles. The summed E-state index contributed by atoms with van der Waals surface area (Å²) in [5.41, 5.74) is 0. The van der Waals surface area contributed by atoms with E-state index in [-0.39, 0.29) is 6.42 Å². The third kappa shape index (κ3) is 2.61. The van der Waals surface area contributed by atoms with Crippen molar-refractivity contribution in [2.75, 3.05) is 11.9 Å². The van der Waals surface area contributed by atoms with Crippen LogP contribution in [0.1, 0.15) is 6.42 Å². The van der Waals surface area contributed by atoms with Crippen molar-refractivity contribution in [2.24, 2.45) is 0 Å². The van der Waals surface area contributed by atoms with E-state index in [1.165, 1.54) is 0 Å². The van der Waals surface area contributed by atoms with Crippen LogP contribution in [-0.4, -0.2) is 38.2 Å². The van der Waals surface area contributed by atoms with Crippen LogP contribution in [0.3, 0.4) is 0 Å². The number of nitrogens with one attached hydrogen (secondary N) is 2. The quantitative estimate of drug-likeness (QED) is 0.522. The summed E-state index contributed by atoms with van der Waals surface area (Å²) in [6, 6.07) is 0. The van der Waals surface area contributed by atoms with Gasteiger partial charge >= 0.3 is 5.97 Å². The molecule has 0 atom stereocenters. The molecule has 0 unspecified atom stereocenters. The molecule has 0 aliphatic heterocycles. The first-order valence-electron chi connectivity index (χ1n) is 2.98. The fourth-order valence-corrected chi connectivity index (χ4v) is 0.522. The molecule has 0 bridgehead atoms. The maximum absolute atomic E-state index is 10.0. The highest BCUT2D eigenvalue weighted by Gasteiger charge is 1.97. The molecule has 0 amide bonds. The molecule has 0 fully saturated rings. The third-order valence-electron chi connectivity index (χ3n) is 0.977. The summed E-state index contributed by atoms with van der Waals surface area (Å²) in [5.74, 6) is -0.476.